The minimum atomic E-state index is 0.0216. The minimum Gasteiger partial charge on any atom is -0.496 e. The molecule has 0 fully saturated rings. The molecule has 0 heterocycles. The van der Waals surface area contributed by atoms with Crippen LogP contribution in [0.4, 0.5) is 0 Å². The van der Waals surface area contributed by atoms with E-state index in [0.717, 1.165) is 17.6 Å². The van der Waals surface area contributed by atoms with Crippen molar-refractivity contribution in [1.29, 1.82) is 0 Å². The van der Waals surface area contributed by atoms with E-state index in [1.165, 1.54) is 10.9 Å². The molecule has 0 radical (unpaired) electrons. The van der Waals surface area contributed by atoms with Crippen LogP contribution in [0.25, 0.3) is 10.8 Å². The molecule has 0 aliphatic heterocycles. The molecule has 1 atom stereocenters. The van der Waals surface area contributed by atoms with Crippen LogP contribution in [0.5, 0.6) is 5.75 Å². The molecular weight excluding hydrogens is 234 g/mol. The van der Waals surface area contributed by atoms with Gasteiger partial charge in [0, 0.05) is 11.4 Å². The van der Waals surface area contributed by atoms with Crippen molar-refractivity contribution in [1.82, 2.24) is 0 Å². The second kappa shape index (κ2) is 5.22. The van der Waals surface area contributed by atoms with Crippen molar-refractivity contribution in [3.8, 4) is 5.75 Å². The van der Waals surface area contributed by atoms with E-state index >= 15 is 0 Å². The summed E-state index contributed by atoms with van der Waals surface area (Å²) in [5, 5.41) is 2.32. The zero-order valence-corrected chi connectivity index (χ0v) is 12.2. The fourth-order valence-corrected chi connectivity index (χ4v) is 2.38. The van der Waals surface area contributed by atoms with Gasteiger partial charge in [-0.3, -0.25) is 0 Å². The lowest BCUT2D eigenvalue weighted by atomic mass is 9.77. The molecule has 2 aromatic rings. The van der Waals surface area contributed by atoms with Crippen molar-refractivity contribution in [3.63, 3.8) is 0 Å². The molecule has 0 spiro atoms. The molecule has 0 aliphatic carbocycles. The van der Waals surface area contributed by atoms with Crippen LogP contribution in [0.15, 0.2) is 36.4 Å². The Morgan fingerprint density at radius 1 is 1.11 bits per heavy atom. The maximum atomic E-state index is 6.50. The summed E-state index contributed by atoms with van der Waals surface area (Å²) in [4.78, 5) is 0. The van der Waals surface area contributed by atoms with Crippen LogP contribution in [-0.4, -0.2) is 7.11 Å². The molecule has 2 N–H and O–H groups in total. The van der Waals surface area contributed by atoms with Gasteiger partial charge in [-0.1, -0.05) is 51.1 Å². The molecule has 2 heteroatoms. The lowest BCUT2D eigenvalue weighted by Crippen LogP contribution is -2.28. The second-order valence-corrected chi connectivity index (χ2v) is 5.72. The summed E-state index contributed by atoms with van der Waals surface area (Å²) in [5.41, 5.74) is 7.78. The highest BCUT2D eigenvalue weighted by molar-refractivity contribution is 5.91. The van der Waals surface area contributed by atoms with Crippen molar-refractivity contribution >= 4 is 10.8 Å². The van der Waals surface area contributed by atoms with E-state index in [1.807, 2.05) is 12.1 Å². The molecule has 0 aliphatic rings. The third-order valence-electron chi connectivity index (χ3n) is 4.23. The minimum absolute atomic E-state index is 0.0216. The van der Waals surface area contributed by atoms with Crippen LogP contribution in [0.3, 0.4) is 0 Å². The van der Waals surface area contributed by atoms with Crippen LogP contribution < -0.4 is 10.5 Å². The Hall–Kier alpha value is -1.54. The van der Waals surface area contributed by atoms with E-state index in [2.05, 4.69) is 45.0 Å². The van der Waals surface area contributed by atoms with Gasteiger partial charge >= 0.3 is 0 Å². The highest BCUT2D eigenvalue weighted by atomic mass is 16.5. The van der Waals surface area contributed by atoms with Crippen molar-refractivity contribution in [3.05, 3.63) is 42.0 Å². The van der Waals surface area contributed by atoms with E-state index < -0.39 is 0 Å². The molecule has 0 saturated carbocycles. The van der Waals surface area contributed by atoms with E-state index in [-0.39, 0.29) is 11.5 Å². The quantitative estimate of drug-likeness (QED) is 0.887. The third-order valence-corrected chi connectivity index (χ3v) is 4.23. The molecule has 2 rings (SSSR count). The Morgan fingerprint density at radius 2 is 1.74 bits per heavy atom. The SMILES string of the molecule is CCC(C)(C)C(N)c1ccc(OC)c2ccccc12. The van der Waals surface area contributed by atoms with E-state index in [0.29, 0.717) is 0 Å². The molecule has 0 saturated heterocycles. The van der Waals surface area contributed by atoms with Gasteiger partial charge in [0.2, 0.25) is 0 Å². The summed E-state index contributed by atoms with van der Waals surface area (Å²) in [6.07, 6.45) is 1.05. The summed E-state index contributed by atoms with van der Waals surface area (Å²) in [6.45, 7) is 6.62. The Balaban J connectivity index is 2.63. The van der Waals surface area contributed by atoms with Crippen molar-refractivity contribution in [2.45, 2.75) is 33.2 Å². The monoisotopic (exact) mass is 257 g/mol. The Bertz CT molecular complexity index is 574. The number of rotatable bonds is 4. The molecule has 2 aromatic carbocycles. The van der Waals surface area contributed by atoms with Crippen LogP contribution >= 0.6 is 0 Å². The van der Waals surface area contributed by atoms with Gasteiger partial charge in [-0.2, -0.15) is 0 Å². The molecule has 0 aromatic heterocycles. The summed E-state index contributed by atoms with van der Waals surface area (Å²) in [7, 11) is 1.71. The summed E-state index contributed by atoms with van der Waals surface area (Å²) >= 11 is 0. The predicted octanol–water partition coefficient (Wildman–Crippen LogP) is 4.28. The average Bonchev–Trinajstić information content (AvgIpc) is 2.45. The lowest BCUT2D eigenvalue weighted by Gasteiger charge is -2.31. The standard InChI is InChI=1S/C17H23NO/c1-5-17(2,3)16(18)14-10-11-15(19-4)13-9-7-6-8-12(13)14/h6-11,16H,5,18H2,1-4H3. The highest BCUT2D eigenvalue weighted by Gasteiger charge is 2.27. The van der Waals surface area contributed by atoms with Gasteiger partial charge in [0.25, 0.3) is 0 Å². The van der Waals surface area contributed by atoms with E-state index in [9.17, 15) is 0 Å². The molecular formula is C17H23NO. The molecule has 1 unspecified atom stereocenters. The maximum Gasteiger partial charge on any atom is 0.126 e. The second-order valence-electron chi connectivity index (χ2n) is 5.72. The van der Waals surface area contributed by atoms with Crippen LogP contribution in [-0.2, 0) is 0 Å². The lowest BCUT2D eigenvalue weighted by molar-refractivity contribution is 0.279. The topological polar surface area (TPSA) is 35.2 Å². The fraction of sp³-hybridized carbons (Fsp3) is 0.412. The molecule has 0 bridgehead atoms. The smallest absolute Gasteiger partial charge is 0.126 e. The first-order valence-corrected chi connectivity index (χ1v) is 6.82. The summed E-state index contributed by atoms with van der Waals surface area (Å²) < 4.78 is 5.43. The number of benzene rings is 2. The number of fused-ring (bicyclic) bond motifs is 1. The van der Waals surface area contributed by atoms with Crippen LogP contribution in [0.2, 0.25) is 0 Å². The third kappa shape index (κ3) is 2.45. The zero-order valence-electron chi connectivity index (χ0n) is 12.2. The normalized spacial score (nSPS) is 13.5. The Labute approximate surface area is 115 Å². The summed E-state index contributed by atoms with van der Waals surface area (Å²) in [6, 6.07) is 12.4. The van der Waals surface area contributed by atoms with Gasteiger partial charge in [0.05, 0.1) is 7.11 Å². The molecule has 2 nitrogen and oxygen atoms in total. The van der Waals surface area contributed by atoms with Crippen molar-refractivity contribution in [2.75, 3.05) is 7.11 Å². The molecule has 0 amide bonds. The predicted molar refractivity (Wildman–Crippen MR) is 81.5 cm³/mol. The zero-order chi connectivity index (χ0) is 14.0. The fourth-order valence-electron chi connectivity index (χ4n) is 2.38. The number of nitrogens with two attached hydrogens (primary N) is 1. The number of ether oxygens (including phenoxy) is 1. The van der Waals surface area contributed by atoms with E-state index in [4.69, 9.17) is 10.5 Å². The van der Waals surface area contributed by atoms with Crippen LogP contribution in [0.1, 0.15) is 38.8 Å². The van der Waals surface area contributed by atoms with Crippen molar-refractivity contribution in [2.24, 2.45) is 11.1 Å². The van der Waals surface area contributed by atoms with Gasteiger partial charge in [0.1, 0.15) is 5.75 Å². The number of methoxy groups -OCH3 is 1. The van der Waals surface area contributed by atoms with Crippen LogP contribution in [0, 0.1) is 5.41 Å². The Morgan fingerprint density at radius 3 is 2.32 bits per heavy atom. The first-order chi connectivity index (χ1) is 9.01. The first kappa shape index (κ1) is 13.9. The van der Waals surface area contributed by atoms with Gasteiger partial charge in [-0.05, 0) is 28.9 Å². The highest BCUT2D eigenvalue weighted by Crippen LogP contribution is 2.39. The van der Waals surface area contributed by atoms with E-state index in [1.54, 1.807) is 7.11 Å². The van der Waals surface area contributed by atoms with Gasteiger partial charge in [0.15, 0.2) is 0 Å². The first-order valence-electron chi connectivity index (χ1n) is 6.82. The number of hydrogen-bond acceptors (Lipinski definition) is 2. The average molecular weight is 257 g/mol. The van der Waals surface area contributed by atoms with Gasteiger partial charge in [-0.15, -0.1) is 0 Å². The largest absolute Gasteiger partial charge is 0.496 e. The number of hydrogen-bond donors (Lipinski definition) is 1. The Kier molecular flexibility index (Phi) is 3.81. The molecule has 19 heavy (non-hydrogen) atoms. The summed E-state index contributed by atoms with van der Waals surface area (Å²) in [5.74, 6) is 0.904. The van der Waals surface area contributed by atoms with Gasteiger partial charge < -0.3 is 10.5 Å². The molecule has 102 valence electrons. The van der Waals surface area contributed by atoms with Gasteiger partial charge in [-0.25, -0.2) is 0 Å². The van der Waals surface area contributed by atoms with Crippen molar-refractivity contribution < 1.29 is 4.74 Å². The maximum absolute atomic E-state index is 6.50.